The number of hydrogen-bond acceptors (Lipinski definition) is 4. The van der Waals surface area contributed by atoms with Crippen molar-refractivity contribution < 1.29 is 18.1 Å². The number of rotatable bonds is 17. The fourth-order valence-corrected chi connectivity index (χ4v) is 6.81. The van der Waals surface area contributed by atoms with Crippen LogP contribution in [0.5, 0.6) is 0 Å². The molecule has 0 aromatic heterocycles. The Morgan fingerprint density at radius 2 is 0.815 bits per heavy atom. The second-order valence-corrected chi connectivity index (χ2v) is 12.0. The van der Waals surface area contributed by atoms with Crippen molar-refractivity contribution >= 4 is 15.9 Å². The van der Waals surface area contributed by atoms with Crippen molar-refractivity contribution in [1.82, 2.24) is 0 Å². The maximum atomic E-state index is 11.7. The zero-order valence-corrected chi connectivity index (χ0v) is 18.4. The highest BCUT2D eigenvalue weighted by atomic mass is 31.2. The van der Waals surface area contributed by atoms with E-state index in [1.165, 1.54) is 18.2 Å². The minimum atomic E-state index is -3.48. The van der Waals surface area contributed by atoms with Gasteiger partial charge < -0.3 is 0 Å². The molecule has 0 heterocycles. The van der Waals surface area contributed by atoms with Crippen LogP contribution in [0.1, 0.15) is 0 Å². The van der Waals surface area contributed by atoms with Gasteiger partial charge in [0.05, 0.1) is 27.9 Å². The molecule has 0 atom stereocenters. The van der Waals surface area contributed by atoms with Crippen LogP contribution in [0.2, 0.25) is 24.2 Å². The van der Waals surface area contributed by atoms with Crippen molar-refractivity contribution in [2.45, 2.75) is 24.2 Å². The van der Waals surface area contributed by atoms with E-state index in [-0.39, 0.29) is 19.8 Å². The Hall–Kier alpha value is -1.49. The van der Waals surface area contributed by atoms with Crippen LogP contribution in [0.15, 0.2) is 88.6 Å². The molecule has 0 N–H and O–H groups in total. The standard InChI is InChI=1S/C12H20Si.C9H15O4P/c1-5-9-13(10-6-2,11-7-3)12-8-4;1-4-7-11-14(10,12-8-5-2)13-9-6-3/h5-8H,1-4,9-12H2;4-6H,1-3,7-9H2. The highest BCUT2D eigenvalue weighted by Gasteiger charge is 2.26. The first kappa shape index (κ1) is 27.7. The Morgan fingerprint density at radius 1 is 0.556 bits per heavy atom. The molecule has 0 aromatic carbocycles. The monoisotopic (exact) mass is 410 g/mol. The Kier molecular flexibility index (Phi) is 18.4. The first-order valence-electron chi connectivity index (χ1n) is 8.73. The van der Waals surface area contributed by atoms with E-state index in [0.29, 0.717) is 0 Å². The van der Waals surface area contributed by atoms with Gasteiger partial charge in [0.2, 0.25) is 0 Å². The fourth-order valence-electron chi connectivity index (χ4n) is 2.27. The number of hydrogen-bond donors (Lipinski definition) is 0. The molecule has 0 fully saturated rings. The molecule has 6 heteroatoms. The van der Waals surface area contributed by atoms with Crippen LogP contribution in [-0.4, -0.2) is 27.9 Å². The molecule has 0 amide bonds. The van der Waals surface area contributed by atoms with Gasteiger partial charge in [-0.15, -0.1) is 46.1 Å². The first-order chi connectivity index (χ1) is 12.9. The summed E-state index contributed by atoms with van der Waals surface area (Å²) in [5.41, 5.74) is 0. The van der Waals surface area contributed by atoms with Crippen molar-refractivity contribution in [2.24, 2.45) is 0 Å². The molecule has 0 saturated carbocycles. The van der Waals surface area contributed by atoms with E-state index in [1.54, 1.807) is 0 Å². The van der Waals surface area contributed by atoms with E-state index < -0.39 is 15.9 Å². The molecule has 0 aromatic rings. The van der Waals surface area contributed by atoms with Gasteiger partial charge in [-0.2, -0.15) is 0 Å². The predicted molar refractivity (Wildman–Crippen MR) is 122 cm³/mol. The lowest BCUT2D eigenvalue weighted by Crippen LogP contribution is -2.30. The van der Waals surface area contributed by atoms with Gasteiger partial charge >= 0.3 is 7.82 Å². The molecule has 0 aliphatic heterocycles. The van der Waals surface area contributed by atoms with Crippen LogP contribution in [0.4, 0.5) is 0 Å². The van der Waals surface area contributed by atoms with Gasteiger partial charge in [0.1, 0.15) is 0 Å². The highest BCUT2D eigenvalue weighted by molar-refractivity contribution is 7.48. The Bertz CT molecular complexity index is 445. The number of allylic oxidation sites excluding steroid dienone is 4. The zero-order chi connectivity index (χ0) is 21.0. The van der Waals surface area contributed by atoms with Gasteiger partial charge in [0.15, 0.2) is 0 Å². The molecule has 0 rings (SSSR count). The second-order valence-electron chi connectivity index (χ2n) is 5.67. The second kappa shape index (κ2) is 17.9. The lowest BCUT2D eigenvalue weighted by molar-refractivity contribution is 0.141. The summed E-state index contributed by atoms with van der Waals surface area (Å²) in [5, 5.41) is 0. The van der Waals surface area contributed by atoms with Gasteiger partial charge in [0, 0.05) is 0 Å². The van der Waals surface area contributed by atoms with Gasteiger partial charge in [0.25, 0.3) is 0 Å². The third-order valence-corrected chi connectivity index (χ3v) is 9.38. The molecule has 27 heavy (non-hydrogen) atoms. The maximum Gasteiger partial charge on any atom is 0.475 e. The summed E-state index contributed by atoms with van der Waals surface area (Å²) in [6, 6.07) is 4.54. The lowest BCUT2D eigenvalue weighted by Gasteiger charge is -2.27. The third kappa shape index (κ3) is 14.3. The molecule has 152 valence electrons. The summed E-state index contributed by atoms with van der Waals surface area (Å²) in [6.45, 7) is 25.9. The predicted octanol–water partition coefficient (Wildman–Crippen LogP) is 6.88. The topological polar surface area (TPSA) is 44.8 Å². The molecule has 0 bridgehead atoms. The van der Waals surface area contributed by atoms with Crippen molar-refractivity contribution in [3.8, 4) is 0 Å². The highest BCUT2D eigenvalue weighted by Crippen LogP contribution is 2.49. The van der Waals surface area contributed by atoms with E-state index in [4.69, 9.17) is 13.6 Å². The fraction of sp³-hybridized carbons (Fsp3) is 0.333. The number of phosphoric acid groups is 1. The SMILES string of the molecule is C=CCOP(=O)(OCC=C)OCC=C.C=CC[Si](CC=C)(CC=C)CC=C. The van der Waals surface area contributed by atoms with Gasteiger partial charge in [-0.25, -0.2) is 4.57 Å². The van der Waals surface area contributed by atoms with Crippen LogP contribution in [0.25, 0.3) is 0 Å². The van der Waals surface area contributed by atoms with Gasteiger partial charge in [-0.1, -0.05) is 42.5 Å². The molecule has 0 saturated heterocycles. The average Bonchev–Trinajstić information content (AvgIpc) is 2.65. The van der Waals surface area contributed by atoms with Gasteiger partial charge in [-0.3, -0.25) is 13.6 Å². The van der Waals surface area contributed by atoms with Crippen LogP contribution in [0.3, 0.4) is 0 Å². The minimum absolute atomic E-state index is 0.103. The van der Waals surface area contributed by atoms with Crippen molar-refractivity contribution in [1.29, 1.82) is 0 Å². The van der Waals surface area contributed by atoms with Gasteiger partial charge in [-0.05, 0) is 24.2 Å². The summed E-state index contributed by atoms with van der Waals surface area (Å²) < 4.78 is 26.3. The van der Waals surface area contributed by atoms with Crippen LogP contribution in [0, 0.1) is 0 Å². The lowest BCUT2D eigenvalue weighted by atomic mass is 10.7. The third-order valence-electron chi connectivity index (χ3n) is 3.36. The maximum absolute atomic E-state index is 11.7. The molecule has 0 aliphatic rings. The average molecular weight is 411 g/mol. The number of phosphoric ester groups is 1. The normalized spacial score (nSPS) is 10.7. The van der Waals surface area contributed by atoms with Crippen LogP contribution >= 0.6 is 7.82 Å². The molecule has 0 unspecified atom stereocenters. The summed E-state index contributed by atoms with van der Waals surface area (Å²) in [6.07, 6.45) is 12.5. The summed E-state index contributed by atoms with van der Waals surface area (Å²) in [5.74, 6) is 0. The Balaban J connectivity index is 0. The molecule has 0 radical (unpaired) electrons. The van der Waals surface area contributed by atoms with Crippen LogP contribution < -0.4 is 0 Å². The first-order valence-corrected chi connectivity index (χ1v) is 13.0. The zero-order valence-electron chi connectivity index (χ0n) is 16.5. The van der Waals surface area contributed by atoms with E-state index in [2.05, 4.69) is 46.1 Å². The molecular weight excluding hydrogens is 375 g/mol. The minimum Gasteiger partial charge on any atom is -0.283 e. The van der Waals surface area contributed by atoms with E-state index >= 15 is 0 Å². The Labute approximate surface area is 166 Å². The quantitative estimate of drug-likeness (QED) is 0.149. The van der Waals surface area contributed by atoms with Crippen molar-refractivity contribution in [2.75, 3.05) is 19.8 Å². The largest absolute Gasteiger partial charge is 0.475 e. The smallest absolute Gasteiger partial charge is 0.283 e. The summed E-state index contributed by atoms with van der Waals surface area (Å²) >= 11 is 0. The molecule has 0 aliphatic carbocycles. The summed E-state index contributed by atoms with van der Waals surface area (Å²) in [7, 11) is -4.75. The van der Waals surface area contributed by atoms with E-state index in [0.717, 1.165) is 24.2 Å². The summed E-state index contributed by atoms with van der Waals surface area (Å²) in [4.78, 5) is 0. The van der Waals surface area contributed by atoms with Crippen LogP contribution in [-0.2, 0) is 18.1 Å². The van der Waals surface area contributed by atoms with Crippen molar-refractivity contribution in [3.05, 3.63) is 88.6 Å². The molecule has 0 spiro atoms. The Morgan fingerprint density at radius 3 is 1.00 bits per heavy atom. The molecule has 4 nitrogen and oxygen atoms in total. The van der Waals surface area contributed by atoms with E-state index in [1.807, 2.05) is 24.3 Å². The van der Waals surface area contributed by atoms with E-state index in [9.17, 15) is 4.57 Å². The van der Waals surface area contributed by atoms with Crippen molar-refractivity contribution in [3.63, 3.8) is 0 Å². The molecular formula is C21H35O4PSi.